The van der Waals surface area contributed by atoms with Gasteiger partial charge >= 0.3 is 0 Å². The van der Waals surface area contributed by atoms with E-state index in [-0.39, 0.29) is 0 Å². The Kier molecular flexibility index (Phi) is 4.03. The summed E-state index contributed by atoms with van der Waals surface area (Å²) in [6.45, 7) is 2.00. The third kappa shape index (κ3) is 2.64. The fraction of sp³-hybridized carbons (Fsp3) is 0.250. The Morgan fingerprint density at radius 3 is 1.85 bits per heavy atom. The zero-order valence-electron chi connectivity index (χ0n) is 12.2. The average molecular weight is 273 g/mol. The van der Waals surface area contributed by atoms with E-state index in [1.54, 1.807) is 21.3 Å². The molecule has 2 aromatic carbocycles. The van der Waals surface area contributed by atoms with Crippen LogP contribution in [0.4, 0.5) is 5.69 Å². The van der Waals surface area contributed by atoms with Crippen LogP contribution >= 0.6 is 0 Å². The minimum absolute atomic E-state index is 0.683. The molecule has 0 radical (unpaired) electrons. The second kappa shape index (κ2) is 5.74. The number of methoxy groups -OCH3 is 3. The highest BCUT2D eigenvalue weighted by Crippen LogP contribution is 2.42. The zero-order chi connectivity index (χ0) is 14.7. The highest BCUT2D eigenvalue weighted by molar-refractivity contribution is 5.80. The maximum Gasteiger partial charge on any atom is 0.134 e. The molecule has 0 aromatic heterocycles. The van der Waals surface area contributed by atoms with E-state index >= 15 is 0 Å². The van der Waals surface area contributed by atoms with E-state index in [2.05, 4.69) is 0 Å². The van der Waals surface area contributed by atoms with Crippen molar-refractivity contribution >= 4 is 5.69 Å². The van der Waals surface area contributed by atoms with Crippen molar-refractivity contribution in [1.29, 1.82) is 0 Å². The Hall–Kier alpha value is -2.36. The van der Waals surface area contributed by atoms with Crippen molar-refractivity contribution in [2.75, 3.05) is 27.1 Å². The lowest BCUT2D eigenvalue weighted by Crippen LogP contribution is -1.96. The number of hydrogen-bond donors (Lipinski definition) is 1. The molecule has 0 atom stereocenters. The highest BCUT2D eigenvalue weighted by atomic mass is 16.5. The van der Waals surface area contributed by atoms with E-state index in [1.165, 1.54) is 0 Å². The standard InChI is InChI=1S/C16H19NO3/c1-10-5-11(7-12(17)6-10)16-14(19-3)8-13(18-2)9-15(16)20-4/h5-9H,17H2,1-4H3. The number of benzene rings is 2. The summed E-state index contributed by atoms with van der Waals surface area (Å²) in [6.07, 6.45) is 0. The Balaban J connectivity index is 2.70. The minimum atomic E-state index is 0.683. The lowest BCUT2D eigenvalue weighted by atomic mass is 10.00. The maximum absolute atomic E-state index is 5.93. The van der Waals surface area contributed by atoms with Crippen molar-refractivity contribution in [3.05, 3.63) is 35.9 Å². The second-order valence-electron chi connectivity index (χ2n) is 4.54. The van der Waals surface area contributed by atoms with Gasteiger partial charge in [0.25, 0.3) is 0 Å². The van der Waals surface area contributed by atoms with Gasteiger partial charge in [-0.25, -0.2) is 0 Å². The van der Waals surface area contributed by atoms with E-state index in [9.17, 15) is 0 Å². The smallest absolute Gasteiger partial charge is 0.134 e. The summed E-state index contributed by atoms with van der Waals surface area (Å²) >= 11 is 0. The van der Waals surface area contributed by atoms with Crippen LogP contribution in [0.25, 0.3) is 11.1 Å². The lowest BCUT2D eigenvalue weighted by Gasteiger charge is -2.16. The molecule has 0 aliphatic carbocycles. The molecule has 0 amide bonds. The number of aryl methyl sites for hydroxylation is 1. The van der Waals surface area contributed by atoms with Gasteiger partial charge in [-0.3, -0.25) is 0 Å². The fourth-order valence-electron chi connectivity index (χ4n) is 2.25. The summed E-state index contributed by atoms with van der Waals surface area (Å²) in [5.74, 6) is 2.06. The van der Waals surface area contributed by atoms with Crippen LogP contribution < -0.4 is 19.9 Å². The van der Waals surface area contributed by atoms with Crippen molar-refractivity contribution < 1.29 is 14.2 Å². The predicted octanol–water partition coefficient (Wildman–Crippen LogP) is 3.27. The van der Waals surface area contributed by atoms with E-state index in [1.807, 2.05) is 37.3 Å². The summed E-state index contributed by atoms with van der Waals surface area (Å²) in [4.78, 5) is 0. The predicted molar refractivity (Wildman–Crippen MR) is 80.7 cm³/mol. The van der Waals surface area contributed by atoms with Gasteiger partial charge in [0.05, 0.1) is 26.9 Å². The van der Waals surface area contributed by atoms with Gasteiger partial charge in [-0.15, -0.1) is 0 Å². The molecule has 4 heteroatoms. The monoisotopic (exact) mass is 273 g/mol. The van der Waals surface area contributed by atoms with Crippen LogP contribution in [0.5, 0.6) is 17.2 Å². The molecule has 106 valence electrons. The molecule has 0 aliphatic rings. The van der Waals surface area contributed by atoms with Crippen molar-refractivity contribution in [1.82, 2.24) is 0 Å². The van der Waals surface area contributed by atoms with Gasteiger partial charge < -0.3 is 19.9 Å². The molecule has 2 N–H and O–H groups in total. The second-order valence-corrected chi connectivity index (χ2v) is 4.54. The summed E-state index contributed by atoms with van der Waals surface area (Å²) in [6, 6.07) is 9.53. The van der Waals surface area contributed by atoms with Gasteiger partial charge in [-0.1, -0.05) is 6.07 Å². The Morgan fingerprint density at radius 2 is 1.40 bits per heavy atom. The molecular formula is C16H19NO3. The molecule has 2 rings (SSSR count). The van der Waals surface area contributed by atoms with Crippen molar-refractivity contribution in [2.45, 2.75) is 6.92 Å². The molecule has 0 heterocycles. The summed E-state index contributed by atoms with van der Waals surface area (Å²) in [7, 11) is 4.85. The van der Waals surface area contributed by atoms with Crippen molar-refractivity contribution in [3.63, 3.8) is 0 Å². The summed E-state index contributed by atoms with van der Waals surface area (Å²) < 4.78 is 16.2. The van der Waals surface area contributed by atoms with E-state index < -0.39 is 0 Å². The summed E-state index contributed by atoms with van der Waals surface area (Å²) in [5.41, 5.74) is 9.55. The number of hydrogen-bond acceptors (Lipinski definition) is 4. The van der Waals surface area contributed by atoms with Crippen LogP contribution in [0.3, 0.4) is 0 Å². The van der Waals surface area contributed by atoms with Crippen LogP contribution in [-0.4, -0.2) is 21.3 Å². The first-order valence-corrected chi connectivity index (χ1v) is 6.26. The van der Waals surface area contributed by atoms with Gasteiger partial charge in [-0.2, -0.15) is 0 Å². The van der Waals surface area contributed by atoms with Gasteiger partial charge in [0, 0.05) is 17.8 Å². The zero-order valence-corrected chi connectivity index (χ0v) is 12.2. The molecule has 20 heavy (non-hydrogen) atoms. The molecule has 0 spiro atoms. The maximum atomic E-state index is 5.93. The minimum Gasteiger partial charge on any atom is -0.496 e. The van der Waals surface area contributed by atoms with Gasteiger partial charge in [0.2, 0.25) is 0 Å². The molecular weight excluding hydrogens is 254 g/mol. The molecule has 0 saturated heterocycles. The number of ether oxygens (including phenoxy) is 3. The van der Waals surface area contributed by atoms with E-state index in [0.29, 0.717) is 22.9 Å². The van der Waals surface area contributed by atoms with Gasteiger partial charge in [0.15, 0.2) is 0 Å². The molecule has 0 aliphatic heterocycles. The third-order valence-electron chi connectivity index (χ3n) is 3.10. The number of rotatable bonds is 4. The van der Waals surface area contributed by atoms with Crippen LogP contribution in [0, 0.1) is 6.92 Å². The van der Waals surface area contributed by atoms with E-state index in [0.717, 1.165) is 16.7 Å². The van der Waals surface area contributed by atoms with Crippen LogP contribution in [0.2, 0.25) is 0 Å². The lowest BCUT2D eigenvalue weighted by molar-refractivity contribution is 0.377. The van der Waals surface area contributed by atoms with Crippen LogP contribution in [0.1, 0.15) is 5.56 Å². The van der Waals surface area contributed by atoms with Gasteiger partial charge in [0.1, 0.15) is 17.2 Å². The van der Waals surface area contributed by atoms with E-state index in [4.69, 9.17) is 19.9 Å². The highest BCUT2D eigenvalue weighted by Gasteiger charge is 2.15. The third-order valence-corrected chi connectivity index (χ3v) is 3.10. The van der Waals surface area contributed by atoms with Crippen LogP contribution in [0.15, 0.2) is 30.3 Å². The number of anilines is 1. The molecule has 2 aromatic rings. The quantitative estimate of drug-likeness (QED) is 0.869. The average Bonchev–Trinajstić information content (AvgIpc) is 2.44. The Labute approximate surface area is 119 Å². The number of nitrogen functional groups attached to an aromatic ring is 1. The van der Waals surface area contributed by atoms with Crippen LogP contribution in [-0.2, 0) is 0 Å². The molecule has 0 bridgehead atoms. The van der Waals surface area contributed by atoms with Gasteiger partial charge in [-0.05, 0) is 30.2 Å². The van der Waals surface area contributed by atoms with Crippen molar-refractivity contribution in [3.8, 4) is 28.4 Å². The molecule has 0 saturated carbocycles. The Morgan fingerprint density at radius 1 is 0.800 bits per heavy atom. The largest absolute Gasteiger partial charge is 0.496 e. The molecule has 0 fully saturated rings. The molecule has 4 nitrogen and oxygen atoms in total. The SMILES string of the molecule is COc1cc(OC)c(-c2cc(C)cc(N)c2)c(OC)c1. The first-order valence-electron chi connectivity index (χ1n) is 6.26. The number of nitrogens with two attached hydrogens (primary N) is 1. The normalized spacial score (nSPS) is 10.2. The first kappa shape index (κ1) is 14.1. The first-order chi connectivity index (χ1) is 9.58. The van der Waals surface area contributed by atoms with Crippen molar-refractivity contribution in [2.24, 2.45) is 0 Å². The summed E-state index contributed by atoms with van der Waals surface area (Å²) in [5, 5.41) is 0. The molecule has 0 unspecified atom stereocenters. The fourth-order valence-corrected chi connectivity index (χ4v) is 2.25. The topological polar surface area (TPSA) is 53.7 Å². The Bertz CT molecular complexity index is 578.